The Hall–Kier alpha value is -2.02. The summed E-state index contributed by atoms with van der Waals surface area (Å²) in [4.78, 5) is 26.2. The maximum atomic E-state index is 12.0. The molecule has 0 saturated carbocycles. The normalized spacial score (nSPS) is 21.2. The number of carbonyl (C=O) groups excluding carboxylic acids is 1. The number of aromatic carboxylic acids is 1. The minimum Gasteiger partial charge on any atom is -0.564 e. The van der Waals surface area contributed by atoms with Crippen molar-refractivity contribution in [1.29, 1.82) is 0 Å². The molecule has 7 heteroatoms. The lowest BCUT2D eigenvalue weighted by Crippen LogP contribution is -2.53. The van der Waals surface area contributed by atoms with Crippen LogP contribution in [-0.4, -0.2) is 48.5 Å². The molecule has 1 aromatic rings. The third-order valence-electron chi connectivity index (χ3n) is 6.99. The molecule has 2 aliphatic heterocycles. The number of rotatable bonds is 9. The van der Waals surface area contributed by atoms with Crippen LogP contribution >= 0.6 is 0 Å². The van der Waals surface area contributed by atoms with Crippen molar-refractivity contribution in [2.75, 3.05) is 13.1 Å². The Balaban J connectivity index is 1.67. The number of likely N-dealkylation sites (tertiary alicyclic amines) is 1. The molecule has 164 valence electrons. The smallest absolute Gasteiger partial charge is 0.340 e. The van der Waals surface area contributed by atoms with E-state index in [0.29, 0.717) is 36.7 Å². The van der Waals surface area contributed by atoms with Gasteiger partial charge in [0.15, 0.2) is 0 Å². The number of carbonyl (C=O) groups is 2. The van der Waals surface area contributed by atoms with Crippen LogP contribution < -0.4 is 10.4 Å². The van der Waals surface area contributed by atoms with E-state index in [1.54, 1.807) is 0 Å². The molecule has 1 amide bonds. The lowest BCUT2D eigenvalue weighted by Gasteiger charge is -2.45. The number of primary amides is 1. The monoisotopic (exact) mass is 414 g/mol. The summed E-state index contributed by atoms with van der Waals surface area (Å²) in [6, 6.07) is 4.37. The van der Waals surface area contributed by atoms with Gasteiger partial charge in [-0.3, -0.25) is 9.69 Å². The summed E-state index contributed by atoms with van der Waals surface area (Å²) >= 11 is 0. The number of carboxylic acids is 1. The van der Waals surface area contributed by atoms with E-state index >= 15 is 0 Å². The van der Waals surface area contributed by atoms with Crippen molar-refractivity contribution >= 4 is 19.4 Å². The zero-order valence-electron chi connectivity index (χ0n) is 18.7. The molecular formula is C23H35BN2O4. The highest BCUT2D eigenvalue weighted by Crippen LogP contribution is 2.39. The topological polar surface area (TPSA) is 92.9 Å². The fourth-order valence-electron chi connectivity index (χ4n) is 5.01. The van der Waals surface area contributed by atoms with E-state index < -0.39 is 5.97 Å². The third kappa shape index (κ3) is 4.66. The van der Waals surface area contributed by atoms with Gasteiger partial charge in [0.05, 0.1) is 0 Å². The number of fused-ring (bicyclic) bond motifs is 1. The first-order valence-corrected chi connectivity index (χ1v) is 11.3. The van der Waals surface area contributed by atoms with Gasteiger partial charge in [-0.05, 0) is 54.5 Å². The van der Waals surface area contributed by atoms with E-state index in [1.165, 1.54) is 0 Å². The Bertz CT molecular complexity index is 792. The fourth-order valence-corrected chi connectivity index (χ4v) is 5.01. The number of carboxylic acid groups (broad SMARTS) is 1. The average molecular weight is 414 g/mol. The van der Waals surface area contributed by atoms with Crippen molar-refractivity contribution < 1.29 is 19.3 Å². The van der Waals surface area contributed by atoms with E-state index in [0.717, 1.165) is 49.8 Å². The Labute approximate surface area is 180 Å². The molecule has 0 spiro atoms. The van der Waals surface area contributed by atoms with E-state index in [4.69, 9.17) is 10.4 Å². The Kier molecular flexibility index (Phi) is 7.12. The average Bonchev–Trinajstić information content (AvgIpc) is 2.65. The van der Waals surface area contributed by atoms with Crippen molar-refractivity contribution in [2.24, 2.45) is 23.5 Å². The lowest BCUT2D eigenvalue weighted by atomic mass is 9.76. The summed E-state index contributed by atoms with van der Waals surface area (Å²) in [5, 5.41) is 9.86. The molecular weight excluding hydrogens is 379 g/mol. The number of benzene rings is 1. The summed E-state index contributed by atoms with van der Waals surface area (Å²) in [6.45, 7) is 10.2. The molecule has 6 nitrogen and oxygen atoms in total. The molecule has 0 aliphatic carbocycles. The minimum atomic E-state index is -0.903. The van der Waals surface area contributed by atoms with Gasteiger partial charge in [-0.2, -0.15) is 0 Å². The van der Waals surface area contributed by atoms with Crippen molar-refractivity contribution in [3.8, 4) is 5.75 Å². The Morgan fingerprint density at radius 2 is 2.03 bits per heavy atom. The summed E-state index contributed by atoms with van der Waals surface area (Å²) in [5.41, 5.74) is 7.84. The van der Waals surface area contributed by atoms with Crippen molar-refractivity contribution in [1.82, 2.24) is 4.90 Å². The summed E-state index contributed by atoms with van der Waals surface area (Å²) in [7, 11) is 0.574. The van der Waals surface area contributed by atoms with Crippen LogP contribution in [0.3, 0.4) is 0 Å². The van der Waals surface area contributed by atoms with Gasteiger partial charge in [-0.15, -0.1) is 0 Å². The first-order valence-electron chi connectivity index (χ1n) is 11.3. The highest BCUT2D eigenvalue weighted by Gasteiger charge is 2.36. The van der Waals surface area contributed by atoms with Crippen LogP contribution in [0.1, 0.15) is 67.9 Å². The van der Waals surface area contributed by atoms with Crippen LogP contribution in [0, 0.1) is 17.8 Å². The van der Waals surface area contributed by atoms with Gasteiger partial charge in [-0.1, -0.05) is 39.8 Å². The van der Waals surface area contributed by atoms with Crippen LogP contribution in [0.25, 0.3) is 0 Å². The van der Waals surface area contributed by atoms with Crippen LogP contribution in [0.15, 0.2) is 12.1 Å². The van der Waals surface area contributed by atoms with E-state index in [9.17, 15) is 14.7 Å². The molecule has 3 rings (SSSR count). The highest BCUT2D eigenvalue weighted by molar-refractivity contribution is 6.29. The molecule has 2 aliphatic rings. The molecule has 2 unspecified atom stereocenters. The van der Waals surface area contributed by atoms with Crippen LogP contribution in [0.5, 0.6) is 5.75 Å². The number of hydrogen-bond donors (Lipinski definition) is 2. The van der Waals surface area contributed by atoms with Crippen molar-refractivity contribution in [2.45, 2.75) is 65.2 Å². The zero-order valence-corrected chi connectivity index (χ0v) is 18.7. The molecule has 0 bridgehead atoms. The fraction of sp³-hybridized carbons (Fsp3) is 0.652. The predicted molar refractivity (Wildman–Crippen MR) is 119 cm³/mol. The first-order chi connectivity index (χ1) is 14.2. The van der Waals surface area contributed by atoms with Gasteiger partial charge in [0.2, 0.25) is 5.91 Å². The highest BCUT2D eigenvalue weighted by atomic mass is 16.4. The van der Waals surface area contributed by atoms with Gasteiger partial charge in [0, 0.05) is 25.0 Å². The lowest BCUT2D eigenvalue weighted by molar-refractivity contribution is -0.124. The van der Waals surface area contributed by atoms with E-state index in [-0.39, 0.29) is 17.7 Å². The molecule has 0 aromatic heterocycles. The van der Waals surface area contributed by atoms with Crippen LogP contribution in [-0.2, 0) is 11.2 Å². The van der Waals surface area contributed by atoms with Gasteiger partial charge >= 0.3 is 13.5 Å². The summed E-state index contributed by atoms with van der Waals surface area (Å²) in [5.74, 6) is 0.334. The quantitative estimate of drug-likeness (QED) is 0.606. The summed E-state index contributed by atoms with van der Waals surface area (Å²) in [6.07, 6.45) is 3.43. The second-order valence-electron chi connectivity index (χ2n) is 9.44. The van der Waals surface area contributed by atoms with E-state index in [1.807, 2.05) is 26.0 Å². The zero-order chi connectivity index (χ0) is 22.0. The number of amides is 1. The molecule has 1 aromatic carbocycles. The van der Waals surface area contributed by atoms with Gasteiger partial charge in [0.1, 0.15) is 11.3 Å². The molecule has 0 radical (unpaired) electrons. The molecule has 30 heavy (non-hydrogen) atoms. The Morgan fingerprint density at radius 3 is 2.60 bits per heavy atom. The van der Waals surface area contributed by atoms with Gasteiger partial charge < -0.3 is 15.5 Å². The second kappa shape index (κ2) is 9.42. The maximum Gasteiger partial charge on any atom is 0.340 e. The SMILES string of the molecule is CCC(CC(C(N)=O)C(C)C)N1CC(Cc2ccc3c(c2C(=O)O)OBC[C@@H]3C)C1. The number of nitrogens with two attached hydrogens (primary N) is 1. The van der Waals surface area contributed by atoms with Crippen LogP contribution in [0.4, 0.5) is 0 Å². The minimum absolute atomic E-state index is 0.104. The molecule has 1 fully saturated rings. The second-order valence-corrected chi connectivity index (χ2v) is 9.44. The first kappa shape index (κ1) is 22.7. The number of nitrogens with zero attached hydrogens (tertiary/aromatic N) is 1. The largest absolute Gasteiger partial charge is 0.564 e. The van der Waals surface area contributed by atoms with Gasteiger partial charge in [-0.25, -0.2) is 4.79 Å². The molecule has 1 saturated heterocycles. The van der Waals surface area contributed by atoms with Gasteiger partial charge in [0.25, 0.3) is 0 Å². The maximum absolute atomic E-state index is 12.0. The van der Waals surface area contributed by atoms with Crippen LogP contribution in [0.2, 0.25) is 6.32 Å². The standard InChI is InChI=1S/C23H35BN2O4/c1-5-17(9-19(13(2)3)22(25)27)26-11-15(12-26)8-16-6-7-18-14(4)10-24-30-21(18)20(16)23(28)29/h6-7,13-15,17,19,24H,5,8-12H2,1-4H3,(H2,25,27)(H,28,29)/t14-,17?,19?/m0/s1. The van der Waals surface area contributed by atoms with Crippen molar-refractivity contribution in [3.63, 3.8) is 0 Å². The summed E-state index contributed by atoms with van der Waals surface area (Å²) < 4.78 is 5.79. The third-order valence-corrected chi connectivity index (χ3v) is 6.99. The predicted octanol–water partition coefficient (Wildman–Crippen LogP) is 3.05. The Morgan fingerprint density at radius 1 is 1.33 bits per heavy atom. The van der Waals surface area contributed by atoms with Crippen molar-refractivity contribution in [3.05, 3.63) is 28.8 Å². The molecule has 2 heterocycles. The van der Waals surface area contributed by atoms with E-state index in [2.05, 4.69) is 18.7 Å². The number of hydrogen-bond acceptors (Lipinski definition) is 4. The molecule has 3 N–H and O–H groups in total. The molecule has 3 atom stereocenters.